The van der Waals surface area contributed by atoms with Crippen LogP contribution >= 0.6 is 7.55 Å². The number of hydrogen-bond acceptors (Lipinski definition) is 3. The zero-order valence-electron chi connectivity index (χ0n) is 10.9. The maximum absolute atomic E-state index is 6.12. The molecule has 3 rings (SSSR count). The van der Waals surface area contributed by atoms with E-state index in [0.29, 0.717) is 23.9 Å². The predicted molar refractivity (Wildman–Crippen MR) is 69.7 cm³/mol. The van der Waals surface area contributed by atoms with E-state index in [1.54, 1.807) is 0 Å². The first-order chi connectivity index (χ1) is 8.08. The molecule has 0 spiro atoms. The Kier molecular flexibility index (Phi) is 2.87. The quantitative estimate of drug-likeness (QED) is 0.710. The molecule has 2 heterocycles. The van der Waals surface area contributed by atoms with Crippen LogP contribution in [0.1, 0.15) is 20.3 Å². The minimum Gasteiger partial charge on any atom is -0.374 e. The van der Waals surface area contributed by atoms with Crippen molar-refractivity contribution in [1.29, 1.82) is 0 Å². The van der Waals surface area contributed by atoms with Gasteiger partial charge in [-0.25, -0.2) is 0 Å². The molecule has 96 valence electrons. The molecule has 3 nitrogen and oxygen atoms in total. The van der Waals surface area contributed by atoms with Gasteiger partial charge >= 0.3 is 6.03 Å². The molecular weight excluding hydrogens is 235 g/mol. The van der Waals surface area contributed by atoms with Gasteiger partial charge in [0, 0.05) is 11.8 Å². The van der Waals surface area contributed by atoms with Gasteiger partial charge in [-0.15, -0.1) is 0 Å². The zero-order chi connectivity index (χ0) is 12.2. The molecule has 0 amide bonds. The van der Waals surface area contributed by atoms with Crippen LogP contribution in [-0.2, 0) is 14.2 Å². The standard InChI is InChI=1S/C13H22O3P/c1-5-8-6-15-13(2)9-7-14-12(17(3)4)16-11(9)10(8)13/h8-12H,3,5-7H2,1-2,4H3/q+1. The van der Waals surface area contributed by atoms with Crippen LogP contribution < -0.4 is 0 Å². The predicted octanol–water partition coefficient (Wildman–Crippen LogP) is 2.29. The highest BCUT2D eigenvalue weighted by Gasteiger charge is 2.68. The summed E-state index contributed by atoms with van der Waals surface area (Å²) in [5.74, 6) is 1.65. The summed E-state index contributed by atoms with van der Waals surface area (Å²) in [5.41, 5.74) is 0.00792. The topological polar surface area (TPSA) is 27.7 Å². The second-order valence-electron chi connectivity index (χ2n) is 5.79. The first-order valence-electron chi connectivity index (χ1n) is 6.52. The van der Waals surface area contributed by atoms with E-state index in [9.17, 15) is 0 Å². The summed E-state index contributed by atoms with van der Waals surface area (Å²) in [5, 5.41) is 0. The van der Waals surface area contributed by atoms with Crippen LogP contribution in [0.4, 0.5) is 0 Å². The summed E-state index contributed by atoms with van der Waals surface area (Å²) in [6, 6.07) is -0.0612. The SMILES string of the molecule is C=[P+](C)C1OCC2C(O1)C1C(CC)COC21C. The summed E-state index contributed by atoms with van der Waals surface area (Å²) < 4.78 is 17.9. The monoisotopic (exact) mass is 257 g/mol. The second-order valence-corrected chi connectivity index (χ2v) is 7.73. The third kappa shape index (κ3) is 1.56. The molecule has 2 aliphatic heterocycles. The first-order valence-corrected chi connectivity index (χ1v) is 8.56. The van der Waals surface area contributed by atoms with Crippen molar-refractivity contribution in [3.63, 3.8) is 0 Å². The fourth-order valence-electron chi connectivity index (χ4n) is 3.76. The molecular formula is C13H22O3P+. The van der Waals surface area contributed by atoms with Crippen LogP contribution in [0.3, 0.4) is 0 Å². The Labute approximate surface area is 104 Å². The van der Waals surface area contributed by atoms with Crippen LogP contribution in [0.15, 0.2) is 0 Å². The van der Waals surface area contributed by atoms with E-state index in [1.165, 1.54) is 6.42 Å². The van der Waals surface area contributed by atoms with Gasteiger partial charge in [0.1, 0.15) is 14.2 Å². The summed E-state index contributed by atoms with van der Waals surface area (Å²) in [6.45, 7) is 8.27. The number of rotatable bonds is 2. The van der Waals surface area contributed by atoms with Crippen LogP contribution in [0.25, 0.3) is 0 Å². The number of ether oxygens (including phenoxy) is 3. The van der Waals surface area contributed by atoms with Gasteiger partial charge in [0.25, 0.3) is 0 Å². The van der Waals surface area contributed by atoms with Gasteiger partial charge in [-0.3, -0.25) is 0 Å². The summed E-state index contributed by atoms with van der Waals surface area (Å²) in [7, 11) is -0.419. The highest BCUT2D eigenvalue weighted by Crippen LogP contribution is 2.59. The third-order valence-corrected chi connectivity index (χ3v) is 5.83. The molecule has 4 heteroatoms. The molecule has 0 N–H and O–H groups in total. The normalized spacial score (nSPS) is 53.6. The van der Waals surface area contributed by atoms with Crippen LogP contribution in [0.2, 0.25) is 0 Å². The minimum atomic E-state index is -0.419. The van der Waals surface area contributed by atoms with Gasteiger partial charge < -0.3 is 14.2 Å². The van der Waals surface area contributed by atoms with Crippen molar-refractivity contribution < 1.29 is 14.2 Å². The molecule has 2 saturated heterocycles. The van der Waals surface area contributed by atoms with Crippen molar-refractivity contribution in [2.24, 2.45) is 17.8 Å². The highest BCUT2D eigenvalue weighted by molar-refractivity contribution is 7.55. The Morgan fingerprint density at radius 1 is 1.41 bits per heavy atom. The molecule has 0 radical (unpaired) electrons. The van der Waals surface area contributed by atoms with E-state index in [2.05, 4.69) is 26.8 Å². The molecule has 0 aromatic rings. The molecule has 7 atom stereocenters. The Hall–Kier alpha value is 0.0500. The van der Waals surface area contributed by atoms with Gasteiger partial charge in [-0.1, -0.05) is 13.3 Å². The Balaban J connectivity index is 1.78. The molecule has 0 bridgehead atoms. The van der Waals surface area contributed by atoms with E-state index in [4.69, 9.17) is 14.2 Å². The summed E-state index contributed by atoms with van der Waals surface area (Å²) in [4.78, 5) is 0. The van der Waals surface area contributed by atoms with E-state index in [-0.39, 0.29) is 11.6 Å². The lowest BCUT2D eigenvalue weighted by molar-refractivity contribution is -0.312. The second kappa shape index (κ2) is 4.03. The maximum Gasteiger partial charge on any atom is 0.323 e. The van der Waals surface area contributed by atoms with E-state index in [0.717, 1.165) is 13.2 Å². The van der Waals surface area contributed by atoms with E-state index in [1.807, 2.05) is 0 Å². The lowest BCUT2D eigenvalue weighted by Gasteiger charge is -2.58. The van der Waals surface area contributed by atoms with Crippen LogP contribution in [0, 0.1) is 17.8 Å². The Morgan fingerprint density at radius 2 is 2.18 bits per heavy atom. The minimum absolute atomic E-state index is 0.00792. The maximum atomic E-state index is 6.12. The Bertz CT molecular complexity index is 346. The van der Waals surface area contributed by atoms with Gasteiger partial charge in [-0.05, 0) is 12.8 Å². The number of hydrogen-bond donors (Lipinski definition) is 0. The van der Waals surface area contributed by atoms with E-state index < -0.39 is 7.55 Å². The summed E-state index contributed by atoms with van der Waals surface area (Å²) >= 11 is 0. The highest BCUT2D eigenvalue weighted by atomic mass is 31.1. The van der Waals surface area contributed by atoms with Crippen molar-refractivity contribution >= 4 is 13.8 Å². The van der Waals surface area contributed by atoms with Crippen molar-refractivity contribution in [1.82, 2.24) is 0 Å². The lowest BCUT2D eigenvalue weighted by Crippen LogP contribution is -2.68. The van der Waals surface area contributed by atoms with Crippen LogP contribution in [0.5, 0.6) is 0 Å². The van der Waals surface area contributed by atoms with Crippen molar-refractivity contribution in [2.45, 2.75) is 38.0 Å². The molecule has 1 aliphatic carbocycles. The zero-order valence-corrected chi connectivity index (χ0v) is 11.8. The molecule has 0 aromatic heterocycles. The van der Waals surface area contributed by atoms with Gasteiger partial charge in [0.2, 0.25) is 0 Å². The largest absolute Gasteiger partial charge is 0.374 e. The smallest absolute Gasteiger partial charge is 0.323 e. The van der Waals surface area contributed by atoms with Crippen LogP contribution in [-0.4, -0.2) is 43.9 Å². The van der Waals surface area contributed by atoms with Gasteiger partial charge in [0.05, 0.1) is 31.2 Å². The van der Waals surface area contributed by atoms with Gasteiger partial charge in [0.15, 0.2) is 0 Å². The summed E-state index contributed by atoms with van der Waals surface area (Å²) in [6.07, 6.45) is 5.60. The molecule has 3 aliphatic rings. The molecule has 17 heavy (non-hydrogen) atoms. The molecule has 3 fully saturated rings. The van der Waals surface area contributed by atoms with Gasteiger partial charge in [-0.2, -0.15) is 0 Å². The van der Waals surface area contributed by atoms with Crippen molar-refractivity contribution in [2.75, 3.05) is 19.9 Å². The fraction of sp³-hybridized carbons (Fsp3) is 0.923. The molecule has 7 unspecified atom stereocenters. The first kappa shape index (κ1) is 12.1. The third-order valence-electron chi connectivity index (χ3n) is 4.84. The Morgan fingerprint density at radius 3 is 2.82 bits per heavy atom. The van der Waals surface area contributed by atoms with E-state index >= 15 is 0 Å². The lowest BCUT2D eigenvalue weighted by atomic mass is 9.56. The molecule has 1 saturated carbocycles. The average molecular weight is 257 g/mol. The number of fused-ring (bicyclic) bond motifs is 4. The molecule has 0 aromatic carbocycles. The average Bonchev–Trinajstić information content (AvgIpc) is 2.60. The fourth-order valence-corrected chi connectivity index (χ4v) is 4.45. The van der Waals surface area contributed by atoms with Crippen molar-refractivity contribution in [3.05, 3.63) is 0 Å². The van der Waals surface area contributed by atoms with Crippen molar-refractivity contribution in [3.8, 4) is 0 Å².